The van der Waals surface area contributed by atoms with E-state index in [1.807, 2.05) is 0 Å². The lowest BCUT2D eigenvalue weighted by Crippen LogP contribution is -2.46. The van der Waals surface area contributed by atoms with Gasteiger partial charge >= 0.3 is 0 Å². The number of rotatable bonds is 5. The summed E-state index contributed by atoms with van der Waals surface area (Å²) < 4.78 is 29.7. The molecule has 1 rings (SSSR count). The molecule has 1 N–H and O–H groups in total. The highest BCUT2D eigenvalue weighted by Crippen LogP contribution is 2.14. The third kappa shape index (κ3) is 4.06. The topological polar surface area (TPSA) is 58.6 Å². The fourth-order valence-corrected chi connectivity index (χ4v) is 3.05. The van der Waals surface area contributed by atoms with Gasteiger partial charge in [-0.25, -0.2) is 8.42 Å². The Morgan fingerprint density at radius 3 is 2.47 bits per heavy atom. The minimum Gasteiger partial charge on any atom is -0.383 e. The van der Waals surface area contributed by atoms with Crippen molar-refractivity contribution in [2.24, 2.45) is 0 Å². The average Bonchev–Trinajstić information content (AvgIpc) is 2.18. The molecular formula is C9H20N2O3S. The van der Waals surface area contributed by atoms with E-state index in [2.05, 4.69) is 5.32 Å². The standard InChI is InChI=1S/C9H20N2O3S/c1-14-8-7-11(15(2,12)13)9-3-5-10-6-4-9/h9-10H,3-8H2,1-2H3. The van der Waals surface area contributed by atoms with E-state index < -0.39 is 10.0 Å². The number of ether oxygens (including phenoxy) is 1. The molecule has 0 spiro atoms. The fraction of sp³-hybridized carbons (Fsp3) is 1.00. The van der Waals surface area contributed by atoms with E-state index in [1.54, 1.807) is 11.4 Å². The van der Waals surface area contributed by atoms with Crippen molar-refractivity contribution < 1.29 is 13.2 Å². The molecule has 0 radical (unpaired) electrons. The van der Waals surface area contributed by atoms with Gasteiger partial charge in [-0.3, -0.25) is 0 Å². The summed E-state index contributed by atoms with van der Waals surface area (Å²) in [6.07, 6.45) is 3.04. The van der Waals surface area contributed by atoms with E-state index in [1.165, 1.54) is 6.26 Å². The van der Waals surface area contributed by atoms with Gasteiger partial charge in [-0.15, -0.1) is 0 Å². The van der Waals surface area contributed by atoms with Crippen molar-refractivity contribution in [3.05, 3.63) is 0 Å². The Kier molecular flexibility index (Phi) is 4.98. The monoisotopic (exact) mass is 236 g/mol. The van der Waals surface area contributed by atoms with Crippen molar-refractivity contribution in [1.82, 2.24) is 9.62 Å². The van der Waals surface area contributed by atoms with Gasteiger partial charge in [-0.2, -0.15) is 4.31 Å². The third-order valence-corrected chi connectivity index (χ3v) is 3.99. The highest BCUT2D eigenvalue weighted by Gasteiger charge is 2.27. The zero-order chi connectivity index (χ0) is 11.3. The fourth-order valence-electron chi connectivity index (χ4n) is 1.90. The Balaban J connectivity index is 2.62. The molecule has 5 nitrogen and oxygen atoms in total. The Morgan fingerprint density at radius 1 is 1.40 bits per heavy atom. The van der Waals surface area contributed by atoms with E-state index in [0.717, 1.165) is 25.9 Å². The van der Waals surface area contributed by atoms with Crippen LogP contribution in [0.2, 0.25) is 0 Å². The van der Waals surface area contributed by atoms with Crippen LogP contribution in [0, 0.1) is 0 Å². The Bertz CT molecular complexity index is 273. The van der Waals surface area contributed by atoms with Crippen molar-refractivity contribution >= 4 is 10.0 Å². The summed E-state index contributed by atoms with van der Waals surface area (Å²) in [5.41, 5.74) is 0. The second-order valence-corrected chi connectivity index (χ2v) is 5.78. The minimum absolute atomic E-state index is 0.136. The lowest BCUT2D eigenvalue weighted by atomic mass is 10.1. The molecule has 0 aliphatic carbocycles. The van der Waals surface area contributed by atoms with Crippen LogP contribution in [0.1, 0.15) is 12.8 Å². The van der Waals surface area contributed by atoms with Crippen molar-refractivity contribution in [3.8, 4) is 0 Å². The molecule has 1 aliphatic heterocycles. The molecule has 0 aromatic rings. The summed E-state index contributed by atoms with van der Waals surface area (Å²) in [6.45, 7) is 2.70. The zero-order valence-corrected chi connectivity index (χ0v) is 10.2. The average molecular weight is 236 g/mol. The molecule has 0 unspecified atom stereocenters. The van der Waals surface area contributed by atoms with Crippen LogP contribution < -0.4 is 5.32 Å². The van der Waals surface area contributed by atoms with Gasteiger partial charge in [0.15, 0.2) is 0 Å². The highest BCUT2D eigenvalue weighted by molar-refractivity contribution is 7.88. The van der Waals surface area contributed by atoms with E-state index in [9.17, 15) is 8.42 Å². The predicted molar refractivity (Wildman–Crippen MR) is 59.3 cm³/mol. The van der Waals surface area contributed by atoms with Gasteiger partial charge in [0.2, 0.25) is 10.0 Å². The third-order valence-electron chi connectivity index (χ3n) is 2.66. The summed E-state index contributed by atoms with van der Waals surface area (Å²) in [5.74, 6) is 0. The lowest BCUT2D eigenvalue weighted by Gasteiger charge is -2.32. The number of nitrogens with zero attached hydrogens (tertiary/aromatic N) is 1. The van der Waals surface area contributed by atoms with Crippen LogP contribution in [0.15, 0.2) is 0 Å². The number of hydrogen-bond acceptors (Lipinski definition) is 4. The lowest BCUT2D eigenvalue weighted by molar-refractivity contribution is 0.157. The molecule has 1 heterocycles. The number of methoxy groups -OCH3 is 1. The molecule has 15 heavy (non-hydrogen) atoms. The molecule has 0 bridgehead atoms. The number of sulfonamides is 1. The van der Waals surface area contributed by atoms with E-state index in [0.29, 0.717) is 13.2 Å². The highest BCUT2D eigenvalue weighted by atomic mass is 32.2. The second kappa shape index (κ2) is 5.79. The van der Waals surface area contributed by atoms with Gasteiger partial charge in [-0.05, 0) is 25.9 Å². The predicted octanol–water partition coefficient (Wildman–Crippen LogP) is -0.354. The molecule has 1 saturated heterocycles. The Hall–Kier alpha value is -0.170. The van der Waals surface area contributed by atoms with Crippen LogP contribution in [-0.2, 0) is 14.8 Å². The SMILES string of the molecule is COCCN(C1CCNCC1)S(C)(=O)=O. The minimum atomic E-state index is -3.11. The molecule has 1 fully saturated rings. The molecule has 90 valence electrons. The molecule has 0 atom stereocenters. The first-order valence-electron chi connectivity index (χ1n) is 5.22. The summed E-state index contributed by atoms with van der Waals surface area (Å²) in [6, 6.07) is 0.136. The normalized spacial score (nSPS) is 19.7. The summed E-state index contributed by atoms with van der Waals surface area (Å²) >= 11 is 0. The Labute approximate surface area is 91.8 Å². The smallest absolute Gasteiger partial charge is 0.211 e. The van der Waals surface area contributed by atoms with Gasteiger partial charge in [0.1, 0.15) is 0 Å². The van der Waals surface area contributed by atoms with Crippen LogP contribution >= 0.6 is 0 Å². The van der Waals surface area contributed by atoms with Gasteiger partial charge in [0, 0.05) is 19.7 Å². The van der Waals surface area contributed by atoms with E-state index >= 15 is 0 Å². The van der Waals surface area contributed by atoms with Crippen molar-refractivity contribution in [2.75, 3.05) is 39.6 Å². The maximum Gasteiger partial charge on any atom is 0.211 e. The Morgan fingerprint density at radius 2 is 2.00 bits per heavy atom. The largest absolute Gasteiger partial charge is 0.383 e. The number of nitrogens with one attached hydrogen (secondary N) is 1. The molecule has 1 aliphatic rings. The van der Waals surface area contributed by atoms with Crippen LogP contribution in [-0.4, -0.2) is 58.4 Å². The van der Waals surface area contributed by atoms with Gasteiger partial charge in [-0.1, -0.05) is 0 Å². The maximum atomic E-state index is 11.6. The van der Waals surface area contributed by atoms with Gasteiger partial charge < -0.3 is 10.1 Å². The molecule has 0 saturated carbocycles. The first-order valence-corrected chi connectivity index (χ1v) is 7.07. The number of hydrogen-bond donors (Lipinski definition) is 1. The van der Waals surface area contributed by atoms with Gasteiger partial charge in [0.05, 0.1) is 12.9 Å². The summed E-state index contributed by atoms with van der Waals surface area (Å²) in [5, 5.41) is 3.22. The van der Waals surface area contributed by atoms with Crippen molar-refractivity contribution in [2.45, 2.75) is 18.9 Å². The van der Waals surface area contributed by atoms with Crippen LogP contribution in [0.4, 0.5) is 0 Å². The first-order chi connectivity index (χ1) is 7.05. The van der Waals surface area contributed by atoms with Gasteiger partial charge in [0.25, 0.3) is 0 Å². The van der Waals surface area contributed by atoms with Crippen molar-refractivity contribution in [3.63, 3.8) is 0 Å². The van der Waals surface area contributed by atoms with Crippen molar-refractivity contribution in [1.29, 1.82) is 0 Å². The summed E-state index contributed by atoms with van der Waals surface area (Å²) in [4.78, 5) is 0. The van der Waals surface area contributed by atoms with E-state index in [-0.39, 0.29) is 6.04 Å². The quantitative estimate of drug-likeness (QED) is 0.708. The van der Waals surface area contributed by atoms with Crippen LogP contribution in [0.5, 0.6) is 0 Å². The van der Waals surface area contributed by atoms with Crippen LogP contribution in [0.3, 0.4) is 0 Å². The molecule has 0 aromatic carbocycles. The molecular weight excluding hydrogens is 216 g/mol. The number of piperidine rings is 1. The molecule has 0 amide bonds. The molecule has 6 heteroatoms. The molecule has 0 aromatic heterocycles. The zero-order valence-electron chi connectivity index (χ0n) is 9.40. The first kappa shape index (κ1) is 12.9. The second-order valence-electron chi connectivity index (χ2n) is 3.85. The maximum absolute atomic E-state index is 11.6. The summed E-state index contributed by atoms with van der Waals surface area (Å²) in [7, 11) is -1.53. The van der Waals surface area contributed by atoms with E-state index in [4.69, 9.17) is 4.74 Å². The van der Waals surface area contributed by atoms with Crippen LogP contribution in [0.25, 0.3) is 0 Å².